The number of para-hydroxylation sites is 1. The molecule has 1 heterocycles. The van der Waals surface area contributed by atoms with Crippen molar-refractivity contribution in [3.8, 4) is 0 Å². The summed E-state index contributed by atoms with van der Waals surface area (Å²) in [7, 11) is 0. The molecule has 4 aromatic rings. The number of H-pyrrole nitrogens is 1. The number of ketones is 1. The van der Waals surface area contributed by atoms with Gasteiger partial charge >= 0.3 is 0 Å². The fourth-order valence-corrected chi connectivity index (χ4v) is 3.18. The smallest absolute Gasteiger partial charge is 0.191 e. The lowest BCUT2D eigenvalue weighted by atomic mass is 9.96. The van der Waals surface area contributed by atoms with Crippen molar-refractivity contribution in [3.05, 3.63) is 102 Å². The molecule has 4 rings (SSSR count). The fraction of sp³-hybridized carbons (Fsp3) is 0.0455. The Morgan fingerprint density at radius 1 is 0.889 bits per heavy atom. The molecule has 1 unspecified atom stereocenters. The van der Waals surface area contributed by atoms with Gasteiger partial charge in [-0.25, -0.2) is 8.78 Å². The molecule has 134 valence electrons. The number of rotatable bonds is 5. The van der Waals surface area contributed by atoms with E-state index in [1.807, 2.05) is 42.5 Å². The molecule has 27 heavy (non-hydrogen) atoms. The van der Waals surface area contributed by atoms with Crippen LogP contribution >= 0.6 is 0 Å². The third-order valence-corrected chi connectivity index (χ3v) is 4.42. The predicted octanol–water partition coefficient (Wildman–Crippen LogP) is 5.48. The monoisotopic (exact) mass is 362 g/mol. The summed E-state index contributed by atoms with van der Waals surface area (Å²) in [4.78, 5) is 16.4. The van der Waals surface area contributed by atoms with E-state index < -0.39 is 17.7 Å². The van der Waals surface area contributed by atoms with Crippen molar-refractivity contribution in [2.24, 2.45) is 0 Å². The molecule has 0 bridgehead atoms. The van der Waals surface area contributed by atoms with E-state index >= 15 is 0 Å². The highest BCUT2D eigenvalue weighted by molar-refractivity contribution is 6.11. The van der Waals surface area contributed by atoms with Gasteiger partial charge in [0.1, 0.15) is 17.7 Å². The van der Waals surface area contributed by atoms with Gasteiger partial charge in [0.2, 0.25) is 0 Å². The number of aromatic amines is 1. The number of Topliss-reactive ketones (excluding diaryl/α,β-unsaturated/α-hetero) is 1. The summed E-state index contributed by atoms with van der Waals surface area (Å²) < 4.78 is 27.2. The first-order chi connectivity index (χ1) is 13.1. The number of aromatic nitrogens is 1. The molecule has 0 fully saturated rings. The highest BCUT2D eigenvalue weighted by Crippen LogP contribution is 2.28. The number of nitrogens with one attached hydrogen (secondary N) is 2. The first-order valence-corrected chi connectivity index (χ1v) is 8.50. The molecule has 0 spiro atoms. The van der Waals surface area contributed by atoms with E-state index in [1.165, 1.54) is 12.1 Å². The van der Waals surface area contributed by atoms with Crippen molar-refractivity contribution in [1.82, 2.24) is 4.98 Å². The lowest BCUT2D eigenvalue weighted by molar-refractivity contribution is 0.0971. The lowest BCUT2D eigenvalue weighted by Crippen LogP contribution is -2.21. The zero-order valence-corrected chi connectivity index (χ0v) is 14.2. The summed E-state index contributed by atoms with van der Waals surface area (Å²) in [6, 6.07) is 18.9. The molecule has 0 amide bonds. The number of anilines is 1. The van der Waals surface area contributed by atoms with Crippen LogP contribution in [0.3, 0.4) is 0 Å². The van der Waals surface area contributed by atoms with Gasteiger partial charge < -0.3 is 10.3 Å². The second-order valence-electron chi connectivity index (χ2n) is 6.26. The predicted molar refractivity (Wildman–Crippen MR) is 102 cm³/mol. The minimum absolute atomic E-state index is 0.191. The van der Waals surface area contributed by atoms with Gasteiger partial charge in [-0.1, -0.05) is 48.5 Å². The van der Waals surface area contributed by atoms with E-state index in [-0.39, 0.29) is 11.5 Å². The van der Waals surface area contributed by atoms with Gasteiger partial charge in [-0.3, -0.25) is 4.79 Å². The van der Waals surface area contributed by atoms with E-state index in [0.717, 1.165) is 17.0 Å². The Morgan fingerprint density at radius 3 is 2.30 bits per heavy atom. The van der Waals surface area contributed by atoms with Crippen molar-refractivity contribution in [2.75, 3.05) is 5.32 Å². The lowest BCUT2D eigenvalue weighted by Gasteiger charge is -2.19. The number of benzene rings is 3. The zero-order valence-electron chi connectivity index (χ0n) is 14.2. The summed E-state index contributed by atoms with van der Waals surface area (Å²) in [6.45, 7) is 0. The standard InChI is InChI=1S/C22H16F2N2O/c23-15-10-16(24)12-17(11-15)26-21(14-6-2-1-3-7-14)22(27)19-13-25-20-9-5-4-8-18(19)20/h1-13,21,25-26H. The van der Waals surface area contributed by atoms with Crippen LogP contribution in [-0.4, -0.2) is 10.8 Å². The van der Waals surface area contributed by atoms with Crippen LogP contribution < -0.4 is 5.32 Å². The van der Waals surface area contributed by atoms with Crippen LogP contribution in [0.15, 0.2) is 79.0 Å². The molecular formula is C22H16F2N2O. The minimum atomic E-state index is -0.786. The second-order valence-corrected chi connectivity index (χ2v) is 6.26. The largest absolute Gasteiger partial charge is 0.371 e. The van der Waals surface area contributed by atoms with E-state index in [9.17, 15) is 13.6 Å². The average Bonchev–Trinajstić information content (AvgIpc) is 3.10. The Labute approximate surface area is 154 Å². The quantitative estimate of drug-likeness (QED) is 0.462. The minimum Gasteiger partial charge on any atom is -0.371 e. The molecule has 0 saturated carbocycles. The summed E-state index contributed by atoms with van der Waals surface area (Å²) in [6.07, 6.45) is 1.66. The molecule has 0 aliphatic rings. The number of halogens is 2. The van der Waals surface area contributed by atoms with Crippen LogP contribution in [0.1, 0.15) is 22.0 Å². The molecule has 5 heteroatoms. The Kier molecular flexibility index (Phi) is 4.42. The van der Waals surface area contributed by atoms with E-state index in [4.69, 9.17) is 0 Å². The van der Waals surface area contributed by atoms with Crippen LogP contribution in [0.4, 0.5) is 14.5 Å². The fourth-order valence-electron chi connectivity index (χ4n) is 3.18. The van der Waals surface area contributed by atoms with Crippen LogP contribution in [0.25, 0.3) is 10.9 Å². The molecule has 0 aliphatic carbocycles. The molecule has 1 atom stereocenters. The van der Waals surface area contributed by atoms with Crippen LogP contribution in [-0.2, 0) is 0 Å². The maximum absolute atomic E-state index is 13.6. The highest BCUT2D eigenvalue weighted by Gasteiger charge is 2.24. The van der Waals surface area contributed by atoms with E-state index in [1.54, 1.807) is 18.3 Å². The topological polar surface area (TPSA) is 44.9 Å². The second kappa shape index (κ2) is 7.03. The van der Waals surface area contributed by atoms with Gasteiger partial charge in [0, 0.05) is 34.4 Å². The normalized spacial score (nSPS) is 12.1. The van der Waals surface area contributed by atoms with Gasteiger partial charge in [-0.05, 0) is 23.8 Å². The SMILES string of the molecule is O=C(c1c[nH]c2ccccc12)C(Nc1cc(F)cc(F)c1)c1ccccc1. The number of carbonyl (C=O) groups is 1. The van der Waals surface area contributed by atoms with Gasteiger partial charge in [-0.15, -0.1) is 0 Å². The number of fused-ring (bicyclic) bond motifs is 1. The highest BCUT2D eigenvalue weighted by atomic mass is 19.1. The number of carbonyl (C=O) groups excluding carboxylic acids is 1. The Hall–Kier alpha value is -3.47. The maximum atomic E-state index is 13.6. The molecule has 2 N–H and O–H groups in total. The number of hydrogen-bond donors (Lipinski definition) is 2. The zero-order chi connectivity index (χ0) is 18.8. The molecule has 3 aromatic carbocycles. The van der Waals surface area contributed by atoms with E-state index in [0.29, 0.717) is 11.1 Å². The van der Waals surface area contributed by atoms with Crippen molar-refractivity contribution in [1.29, 1.82) is 0 Å². The van der Waals surface area contributed by atoms with E-state index in [2.05, 4.69) is 10.3 Å². The summed E-state index contributed by atoms with van der Waals surface area (Å²) >= 11 is 0. The van der Waals surface area contributed by atoms with Crippen LogP contribution in [0, 0.1) is 11.6 Å². The maximum Gasteiger partial charge on any atom is 0.191 e. The van der Waals surface area contributed by atoms with Crippen molar-refractivity contribution in [3.63, 3.8) is 0 Å². The Balaban J connectivity index is 1.77. The molecule has 0 radical (unpaired) electrons. The third kappa shape index (κ3) is 3.44. The summed E-state index contributed by atoms with van der Waals surface area (Å²) in [5.74, 6) is -1.60. The molecule has 1 aromatic heterocycles. The van der Waals surface area contributed by atoms with Crippen molar-refractivity contribution >= 4 is 22.4 Å². The van der Waals surface area contributed by atoms with Crippen molar-refractivity contribution < 1.29 is 13.6 Å². The molecule has 0 saturated heterocycles. The van der Waals surface area contributed by atoms with Crippen LogP contribution in [0.2, 0.25) is 0 Å². The first kappa shape index (κ1) is 17.0. The van der Waals surface area contributed by atoms with Gasteiger partial charge in [0.05, 0.1) is 0 Å². The molecule has 0 aliphatic heterocycles. The molecular weight excluding hydrogens is 346 g/mol. The van der Waals surface area contributed by atoms with Crippen LogP contribution in [0.5, 0.6) is 0 Å². The molecule has 3 nitrogen and oxygen atoms in total. The number of hydrogen-bond acceptors (Lipinski definition) is 2. The Bertz CT molecular complexity index is 1090. The summed E-state index contributed by atoms with van der Waals surface area (Å²) in [5.41, 5.74) is 2.28. The van der Waals surface area contributed by atoms with Gasteiger partial charge in [-0.2, -0.15) is 0 Å². The average molecular weight is 362 g/mol. The summed E-state index contributed by atoms with van der Waals surface area (Å²) in [5, 5.41) is 3.79. The third-order valence-electron chi connectivity index (χ3n) is 4.42. The first-order valence-electron chi connectivity index (χ1n) is 8.50. The Morgan fingerprint density at radius 2 is 1.56 bits per heavy atom. The van der Waals surface area contributed by atoms with Gasteiger partial charge in [0.25, 0.3) is 0 Å². The van der Waals surface area contributed by atoms with Crippen molar-refractivity contribution in [2.45, 2.75) is 6.04 Å². The van der Waals surface area contributed by atoms with Gasteiger partial charge in [0.15, 0.2) is 5.78 Å².